The summed E-state index contributed by atoms with van der Waals surface area (Å²) in [6.45, 7) is 5.24. The van der Waals surface area contributed by atoms with E-state index in [2.05, 4.69) is 17.6 Å². The smallest absolute Gasteiger partial charge is 0.246 e. The van der Waals surface area contributed by atoms with E-state index in [9.17, 15) is 4.79 Å². The van der Waals surface area contributed by atoms with Gasteiger partial charge in [0.15, 0.2) is 5.11 Å². The van der Waals surface area contributed by atoms with Crippen LogP contribution in [0.25, 0.3) is 0 Å². The molecule has 0 saturated carbocycles. The number of rotatable bonds is 7. The van der Waals surface area contributed by atoms with E-state index in [1.165, 1.54) is 0 Å². The lowest BCUT2D eigenvalue weighted by atomic mass is 10.2. The Morgan fingerprint density at radius 1 is 1.19 bits per heavy atom. The number of hydrogen-bond acceptors (Lipinski definition) is 2. The number of nitrogens with zero attached hydrogens (tertiary/aromatic N) is 1. The third kappa shape index (κ3) is 6.00. The summed E-state index contributed by atoms with van der Waals surface area (Å²) in [5.41, 5.74) is 1.82. The molecule has 0 saturated heterocycles. The molecule has 0 radical (unpaired) electrons. The minimum absolute atomic E-state index is 0.121. The fraction of sp³-hybridized carbons (Fsp3) is 0.300. The van der Waals surface area contributed by atoms with Gasteiger partial charge in [0.05, 0.1) is 0 Å². The predicted molar refractivity (Wildman–Crippen MR) is 112 cm³/mol. The number of hydrogen-bond donors (Lipinski definition) is 2. The molecule has 2 N–H and O–H groups in total. The maximum atomic E-state index is 12.6. The second-order valence-electron chi connectivity index (χ2n) is 6.01. The Kier molecular flexibility index (Phi) is 7.88. The van der Waals surface area contributed by atoms with Gasteiger partial charge in [-0.1, -0.05) is 54.9 Å². The van der Waals surface area contributed by atoms with Crippen molar-refractivity contribution >= 4 is 40.5 Å². The van der Waals surface area contributed by atoms with Crippen molar-refractivity contribution in [1.29, 1.82) is 0 Å². The first kappa shape index (κ1) is 20.2. The highest BCUT2D eigenvalue weighted by Crippen LogP contribution is 2.16. The van der Waals surface area contributed by atoms with Gasteiger partial charge >= 0.3 is 0 Å². The minimum Gasteiger partial charge on any atom is -0.358 e. The van der Waals surface area contributed by atoms with E-state index in [1.54, 1.807) is 18.2 Å². The third-order valence-electron chi connectivity index (χ3n) is 3.95. The predicted octanol–water partition coefficient (Wildman–Crippen LogP) is 4.45. The molecule has 2 aromatic rings. The van der Waals surface area contributed by atoms with Gasteiger partial charge in [0.2, 0.25) is 5.91 Å². The lowest BCUT2D eigenvalue weighted by Gasteiger charge is -2.30. The van der Waals surface area contributed by atoms with Gasteiger partial charge in [0.1, 0.15) is 6.04 Å². The SMILES string of the molecule is CCCN(C(=S)NCc1ccccc1)[C@@H](C)C(=O)Nc1cccc(Cl)c1. The van der Waals surface area contributed by atoms with Gasteiger partial charge in [0.25, 0.3) is 0 Å². The Bertz CT molecular complexity index is 739. The van der Waals surface area contributed by atoms with Crippen LogP contribution in [0.4, 0.5) is 5.69 Å². The van der Waals surface area contributed by atoms with Crippen molar-refractivity contribution in [1.82, 2.24) is 10.2 Å². The van der Waals surface area contributed by atoms with Crippen molar-refractivity contribution < 1.29 is 4.79 Å². The van der Waals surface area contributed by atoms with E-state index in [0.717, 1.165) is 12.0 Å². The van der Waals surface area contributed by atoms with Gasteiger partial charge in [-0.25, -0.2) is 0 Å². The van der Waals surface area contributed by atoms with Crippen LogP contribution in [-0.4, -0.2) is 28.5 Å². The molecule has 0 aliphatic carbocycles. The second kappa shape index (κ2) is 10.1. The summed E-state index contributed by atoms with van der Waals surface area (Å²) < 4.78 is 0. The van der Waals surface area contributed by atoms with Crippen LogP contribution < -0.4 is 10.6 Å². The van der Waals surface area contributed by atoms with Crippen LogP contribution in [0.15, 0.2) is 54.6 Å². The Balaban J connectivity index is 1.99. The molecular weight excluding hydrogens is 366 g/mol. The van der Waals surface area contributed by atoms with Gasteiger partial charge in [-0.15, -0.1) is 0 Å². The van der Waals surface area contributed by atoms with Crippen LogP contribution in [-0.2, 0) is 11.3 Å². The Hall–Kier alpha value is -2.11. The van der Waals surface area contributed by atoms with E-state index >= 15 is 0 Å². The molecule has 1 atom stereocenters. The van der Waals surface area contributed by atoms with E-state index in [1.807, 2.05) is 48.2 Å². The monoisotopic (exact) mass is 389 g/mol. The summed E-state index contributed by atoms with van der Waals surface area (Å²) in [5.74, 6) is -0.121. The van der Waals surface area contributed by atoms with Gasteiger partial charge in [0, 0.05) is 23.8 Å². The zero-order valence-corrected chi connectivity index (χ0v) is 16.6. The average molecular weight is 390 g/mol. The van der Waals surface area contributed by atoms with Gasteiger partial charge in [-0.2, -0.15) is 0 Å². The Labute approximate surface area is 165 Å². The maximum absolute atomic E-state index is 12.6. The number of benzene rings is 2. The van der Waals surface area contributed by atoms with E-state index in [4.69, 9.17) is 23.8 Å². The van der Waals surface area contributed by atoms with Crippen molar-refractivity contribution in [2.24, 2.45) is 0 Å². The second-order valence-corrected chi connectivity index (χ2v) is 6.84. The summed E-state index contributed by atoms with van der Waals surface area (Å²) in [5, 5.41) is 7.30. The quantitative estimate of drug-likeness (QED) is 0.686. The number of nitrogens with one attached hydrogen (secondary N) is 2. The molecule has 0 aliphatic heterocycles. The lowest BCUT2D eigenvalue weighted by Crippen LogP contribution is -2.49. The molecule has 0 aromatic heterocycles. The molecule has 6 heteroatoms. The average Bonchev–Trinajstić information content (AvgIpc) is 2.64. The molecule has 0 fully saturated rings. The summed E-state index contributed by atoms with van der Waals surface area (Å²) in [6.07, 6.45) is 0.891. The van der Waals surface area contributed by atoms with Crippen LogP contribution in [0, 0.1) is 0 Å². The maximum Gasteiger partial charge on any atom is 0.246 e. The first-order valence-electron chi connectivity index (χ1n) is 8.66. The van der Waals surface area contributed by atoms with Gasteiger partial charge < -0.3 is 15.5 Å². The zero-order chi connectivity index (χ0) is 18.9. The van der Waals surface area contributed by atoms with Gasteiger partial charge in [-0.05, 0) is 49.3 Å². The molecule has 0 spiro atoms. The van der Waals surface area contributed by atoms with Crippen molar-refractivity contribution in [2.75, 3.05) is 11.9 Å². The molecule has 4 nitrogen and oxygen atoms in total. The molecule has 138 valence electrons. The summed E-state index contributed by atoms with van der Waals surface area (Å²) >= 11 is 11.5. The molecule has 1 amide bonds. The highest BCUT2D eigenvalue weighted by atomic mass is 35.5. The Morgan fingerprint density at radius 3 is 2.58 bits per heavy atom. The summed E-state index contributed by atoms with van der Waals surface area (Å²) in [7, 11) is 0. The first-order chi connectivity index (χ1) is 12.5. The highest BCUT2D eigenvalue weighted by Gasteiger charge is 2.23. The standard InChI is InChI=1S/C20H24ClN3OS/c1-3-12-24(20(26)22-14-16-8-5-4-6-9-16)15(2)19(25)23-18-11-7-10-17(21)13-18/h4-11,13,15H,3,12,14H2,1-2H3,(H,22,26)(H,23,25)/t15-/m0/s1. The molecule has 0 unspecified atom stereocenters. The van der Waals surface area contributed by atoms with Crippen LogP contribution in [0.1, 0.15) is 25.8 Å². The van der Waals surface area contributed by atoms with Crippen LogP contribution in [0.5, 0.6) is 0 Å². The Morgan fingerprint density at radius 2 is 1.92 bits per heavy atom. The van der Waals surface area contributed by atoms with Crippen molar-refractivity contribution in [2.45, 2.75) is 32.9 Å². The number of amides is 1. The van der Waals surface area contributed by atoms with Crippen LogP contribution >= 0.6 is 23.8 Å². The summed E-state index contributed by atoms with van der Waals surface area (Å²) in [4.78, 5) is 14.6. The topological polar surface area (TPSA) is 44.4 Å². The number of halogens is 1. The number of thiocarbonyl (C=S) groups is 1. The largest absolute Gasteiger partial charge is 0.358 e. The fourth-order valence-electron chi connectivity index (χ4n) is 2.54. The van der Waals surface area contributed by atoms with E-state index < -0.39 is 6.04 Å². The van der Waals surface area contributed by atoms with Crippen LogP contribution in [0.3, 0.4) is 0 Å². The number of anilines is 1. The molecule has 2 rings (SSSR count). The number of carbonyl (C=O) groups excluding carboxylic acids is 1. The molecular formula is C20H24ClN3OS. The molecule has 0 bridgehead atoms. The van der Waals surface area contributed by atoms with E-state index in [0.29, 0.717) is 28.9 Å². The molecule has 0 aliphatic rings. The molecule has 0 heterocycles. The summed E-state index contributed by atoms with van der Waals surface area (Å²) in [6, 6.07) is 16.7. The molecule has 26 heavy (non-hydrogen) atoms. The third-order valence-corrected chi connectivity index (χ3v) is 4.56. The van der Waals surface area contributed by atoms with Gasteiger partial charge in [-0.3, -0.25) is 4.79 Å². The first-order valence-corrected chi connectivity index (χ1v) is 9.44. The van der Waals surface area contributed by atoms with Crippen LogP contribution in [0.2, 0.25) is 5.02 Å². The molecule has 2 aromatic carbocycles. The fourth-order valence-corrected chi connectivity index (χ4v) is 3.05. The zero-order valence-electron chi connectivity index (χ0n) is 15.0. The minimum atomic E-state index is -0.398. The highest BCUT2D eigenvalue weighted by molar-refractivity contribution is 7.80. The normalized spacial score (nSPS) is 11.5. The lowest BCUT2D eigenvalue weighted by molar-refractivity contribution is -0.119. The van der Waals surface area contributed by atoms with Crippen molar-refractivity contribution in [3.05, 3.63) is 65.2 Å². The van der Waals surface area contributed by atoms with Crippen molar-refractivity contribution in [3.8, 4) is 0 Å². The van der Waals surface area contributed by atoms with E-state index in [-0.39, 0.29) is 5.91 Å². The van der Waals surface area contributed by atoms with Crippen molar-refractivity contribution in [3.63, 3.8) is 0 Å². The number of carbonyl (C=O) groups is 1.